The van der Waals surface area contributed by atoms with Gasteiger partial charge in [-0.2, -0.15) is 0 Å². The third kappa shape index (κ3) is 2.69. The normalized spacial score (nSPS) is 15.2. The lowest BCUT2D eigenvalue weighted by Crippen LogP contribution is -2.33. The summed E-state index contributed by atoms with van der Waals surface area (Å²) in [5, 5.41) is 3.01. The minimum absolute atomic E-state index is 0.0713. The van der Waals surface area contributed by atoms with Crippen molar-refractivity contribution < 1.29 is 18.3 Å². The summed E-state index contributed by atoms with van der Waals surface area (Å²) in [7, 11) is 1.13. The summed E-state index contributed by atoms with van der Waals surface area (Å²) in [6.07, 6.45) is 2.18. The number of carbonyl (C=O) groups is 1. The zero-order valence-electron chi connectivity index (χ0n) is 11.2. The number of hydrogen-bond acceptors (Lipinski definition) is 3. The SMILES string of the molecule is COC(=O)c1ccc(NC(C)(C)C2CC2)c(F)c1F. The van der Waals surface area contributed by atoms with E-state index < -0.39 is 23.2 Å². The van der Waals surface area contributed by atoms with Gasteiger partial charge in [0.15, 0.2) is 11.6 Å². The summed E-state index contributed by atoms with van der Waals surface area (Å²) in [4.78, 5) is 11.3. The first-order valence-electron chi connectivity index (χ1n) is 6.21. The minimum atomic E-state index is -1.18. The minimum Gasteiger partial charge on any atom is -0.465 e. The quantitative estimate of drug-likeness (QED) is 0.852. The molecule has 1 saturated carbocycles. The Hall–Kier alpha value is -1.65. The Kier molecular flexibility index (Phi) is 3.47. The summed E-state index contributed by atoms with van der Waals surface area (Å²) in [6.45, 7) is 3.91. The zero-order chi connectivity index (χ0) is 14.2. The molecule has 0 radical (unpaired) electrons. The van der Waals surface area contributed by atoms with Crippen LogP contribution in [-0.4, -0.2) is 18.6 Å². The highest BCUT2D eigenvalue weighted by molar-refractivity contribution is 5.90. The summed E-state index contributed by atoms with van der Waals surface area (Å²) < 4.78 is 32.1. The Morgan fingerprint density at radius 2 is 1.95 bits per heavy atom. The molecular weight excluding hydrogens is 252 g/mol. The van der Waals surface area contributed by atoms with Gasteiger partial charge in [0, 0.05) is 5.54 Å². The van der Waals surface area contributed by atoms with Crippen molar-refractivity contribution >= 4 is 11.7 Å². The molecule has 0 bridgehead atoms. The first kappa shape index (κ1) is 13.8. The second kappa shape index (κ2) is 4.79. The van der Waals surface area contributed by atoms with Crippen molar-refractivity contribution in [1.29, 1.82) is 0 Å². The maximum absolute atomic E-state index is 13.9. The van der Waals surface area contributed by atoms with Gasteiger partial charge >= 0.3 is 5.97 Å². The molecule has 5 heteroatoms. The number of hydrogen-bond donors (Lipinski definition) is 1. The summed E-state index contributed by atoms with van der Waals surface area (Å²) in [5.41, 5.74) is -0.614. The maximum atomic E-state index is 13.9. The fraction of sp³-hybridized carbons (Fsp3) is 0.500. The fourth-order valence-corrected chi connectivity index (χ4v) is 2.17. The van der Waals surface area contributed by atoms with Gasteiger partial charge in [-0.15, -0.1) is 0 Å². The number of esters is 1. The second-order valence-corrected chi connectivity index (χ2v) is 5.40. The van der Waals surface area contributed by atoms with Gasteiger partial charge in [0.1, 0.15) is 0 Å². The molecule has 0 aliphatic heterocycles. The average Bonchev–Trinajstić information content (AvgIpc) is 3.18. The van der Waals surface area contributed by atoms with E-state index in [1.807, 2.05) is 13.8 Å². The van der Waals surface area contributed by atoms with Crippen molar-refractivity contribution in [3.8, 4) is 0 Å². The van der Waals surface area contributed by atoms with E-state index >= 15 is 0 Å². The largest absolute Gasteiger partial charge is 0.465 e. The van der Waals surface area contributed by atoms with Crippen molar-refractivity contribution in [1.82, 2.24) is 0 Å². The van der Waals surface area contributed by atoms with Crippen LogP contribution in [0.15, 0.2) is 12.1 Å². The van der Waals surface area contributed by atoms with Gasteiger partial charge < -0.3 is 10.1 Å². The molecule has 3 nitrogen and oxygen atoms in total. The Morgan fingerprint density at radius 1 is 1.32 bits per heavy atom. The third-order valence-corrected chi connectivity index (χ3v) is 3.54. The van der Waals surface area contributed by atoms with E-state index in [1.165, 1.54) is 12.1 Å². The van der Waals surface area contributed by atoms with Crippen molar-refractivity contribution in [2.75, 3.05) is 12.4 Å². The number of benzene rings is 1. The molecule has 1 aliphatic carbocycles. The Balaban J connectivity index is 2.28. The van der Waals surface area contributed by atoms with E-state index in [0.717, 1.165) is 20.0 Å². The van der Waals surface area contributed by atoms with Crippen LogP contribution >= 0.6 is 0 Å². The number of anilines is 1. The van der Waals surface area contributed by atoms with Gasteiger partial charge in [-0.25, -0.2) is 13.6 Å². The van der Waals surface area contributed by atoms with Crippen LogP contribution < -0.4 is 5.32 Å². The van der Waals surface area contributed by atoms with E-state index in [1.54, 1.807) is 0 Å². The van der Waals surface area contributed by atoms with E-state index in [4.69, 9.17) is 0 Å². The molecule has 104 valence electrons. The van der Waals surface area contributed by atoms with Crippen LogP contribution in [0.25, 0.3) is 0 Å². The molecular formula is C14H17F2NO2. The van der Waals surface area contributed by atoms with E-state index in [2.05, 4.69) is 10.1 Å². The molecule has 0 heterocycles. The molecule has 19 heavy (non-hydrogen) atoms. The number of halogens is 2. The highest BCUT2D eigenvalue weighted by Crippen LogP contribution is 2.41. The fourth-order valence-electron chi connectivity index (χ4n) is 2.17. The van der Waals surface area contributed by atoms with Crippen LogP contribution in [-0.2, 0) is 4.74 Å². The van der Waals surface area contributed by atoms with Crippen LogP contribution in [0.5, 0.6) is 0 Å². The van der Waals surface area contributed by atoms with Gasteiger partial charge in [-0.05, 0) is 44.7 Å². The van der Waals surface area contributed by atoms with Crippen molar-refractivity contribution in [2.45, 2.75) is 32.2 Å². The van der Waals surface area contributed by atoms with Crippen LogP contribution in [0.3, 0.4) is 0 Å². The molecule has 0 unspecified atom stereocenters. The van der Waals surface area contributed by atoms with Crippen molar-refractivity contribution in [2.24, 2.45) is 5.92 Å². The topological polar surface area (TPSA) is 38.3 Å². The van der Waals surface area contributed by atoms with Gasteiger partial charge in [0.05, 0.1) is 18.4 Å². The lowest BCUT2D eigenvalue weighted by molar-refractivity contribution is 0.0594. The summed E-state index contributed by atoms with van der Waals surface area (Å²) in [6, 6.07) is 2.60. The highest BCUT2D eigenvalue weighted by atomic mass is 19.2. The number of rotatable bonds is 4. The maximum Gasteiger partial charge on any atom is 0.340 e. The second-order valence-electron chi connectivity index (χ2n) is 5.40. The molecule has 0 atom stereocenters. The zero-order valence-corrected chi connectivity index (χ0v) is 11.2. The van der Waals surface area contributed by atoms with E-state index in [0.29, 0.717) is 5.92 Å². The van der Waals surface area contributed by atoms with Crippen LogP contribution in [0.2, 0.25) is 0 Å². The monoisotopic (exact) mass is 269 g/mol. The lowest BCUT2D eigenvalue weighted by atomic mass is 9.98. The number of ether oxygens (including phenoxy) is 1. The van der Waals surface area contributed by atoms with Crippen LogP contribution in [0, 0.1) is 17.6 Å². The van der Waals surface area contributed by atoms with E-state index in [-0.39, 0.29) is 11.2 Å². The number of nitrogens with one attached hydrogen (secondary N) is 1. The average molecular weight is 269 g/mol. The first-order chi connectivity index (χ1) is 8.86. The third-order valence-electron chi connectivity index (χ3n) is 3.54. The van der Waals surface area contributed by atoms with Gasteiger partial charge in [0.2, 0.25) is 0 Å². The Labute approximate surface area is 111 Å². The molecule has 0 aromatic heterocycles. The molecule has 1 aliphatic rings. The van der Waals surface area contributed by atoms with Gasteiger partial charge in [-0.1, -0.05) is 0 Å². The van der Waals surface area contributed by atoms with Gasteiger partial charge in [0.25, 0.3) is 0 Å². The highest BCUT2D eigenvalue weighted by Gasteiger charge is 2.38. The van der Waals surface area contributed by atoms with Crippen molar-refractivity contribution in [3.63, 3.8) is 0 Å². The molecule has 2 rings (SSSR count). The predicted octanol–water partition coefficient (Wildman–Crippen LogP) is 3.35. The number of carbonyl (C=O) groups excluding carboxylic acids is 1. The predicted molar refractivity (Wildman–Crippen MR) is 68.1 cm³/mol. The molecule has 0 spiro atoms. The van der Waals surface area contributed by atoms with Crippen LogP contribution in [0.4, 0.5) is 14.5 Å². The molecule has 0 amide bonds. The summed E-state index contributed by atoms with van der Waals surface area (Å²) in [5.74, 6) is -2.64. The van der Waals surface area contributed by atoms with Gasteiger partial charge in [-0.3, -0.25) is 0 Å². The lowest BCUT2D eigenvalue weighted by Gasteiger charge is -2.28. The molecule has 1 N–H and O–H groups in total. The Morgan fingerprint density at radius 3 is 2.47 bits per heavy atom. The van der Waals surface area contributed by atoms with E-state index in [9.17, 15) is 13.6 Å². The molecule has 0 saturated heterocycles. The molecule has 1 fully saturated rings. The standard InChI is InChI=1S/C14H17F2NO2/c1-14(2,8-4-5-8)17-10-7-6-9(13(18)19-3)11(15)12(10)16/h6-8,17H,4-5H2,1-3H3. The summed E-state index contributed by atoms with van der Waals surface area (Å²) >= 11 is 0. The molecule has 1 aromatic carbocycles. The smallest absolute Gasteiger partial charge is 0.340 e. The first-order valence-corrected chi connectivity index (χ1v) is 6.21. The molecule has 1 aromatic rings. The number of methoxy groups -OCH3 is 1. The van der Waals surface area contributed by atoms with Crippen molar-refractivity contribution in [3.05, 3.63) is 29.3 Å². The van der Waals surface area contributed by atoms with Crippen LogP contribution in [0.1, 0.15) is 37.0 Å². The Bertz CT molecular complexity index is 510.